The highest BCUT2D eigenvalue weighted by molar-refractivity contribution is 5.88. The summed E-state index contributed by atoms with van der Waals surface area (Å²) >= 11 is 0. The fraction of sp³-hybridized carbons (Fsp3) is 0.0769. The maximum atomic E-state index is 11.0. The van der Waals surface area contributed by atoms with Crippen molar-refractivity contribution in [1.82, 2.24) is 19.7 Å². The summed E-state index contributed by atoms with van der Waals surface area (Å²) in [7, 11) is 0. The van der Waals surface area contributed by atoms with Gasteiger partial charge in [0.1, 0.15) is 11.3 Å². The Morgan fingerprint density at radius 1 is 1.40 bits per heavy atom. The van der Waals surface area contributed by atoms with Crippen LogP contribution in [0.25, 0.3) is 17.4 Å². The van der Waals surface area contributed by atoms with E-state index in [1.165, 1.54) is 10.9 Å². The van der Waals surface area contributed by atoms with E-state index in [0.717, 1.165) is 0 Å². The molecule has 0 saturated heterocycles. The molecule has 7 nitrogen and oxygen atoms in total. The van der Waals surface area contributed by atoms with E-state index in [2.05, 4.69) is 15.1 Å². The molecule has 0 atom stereocenters. The van der Waals surface area contributed by atoms with Gasteiger partial charge in [-0.05, 0) is 25.1 Å². The number of aromatic carboxylic acids is 1. The van der Waals surface area contributed by atoms with E-state index in [4.69, 9.17) is 9.52 Å². The number of hydrogen-bond donors (Lipinski definition) is 1. The van der Waals surface area contributed by atoms with Crippen molar-refractivity contribution in [2.24, 2.45) is 0 Å². The molecule has 0 aliphatic rings. The molecule has 0 aliphatic heterocycles. The Morgan fingerprint density at radius 3 is 2.90 bits per heavy atom. The van der Waals surface area contributed by atoms with E-state index >= 15 is 0 Å². The van der Waals surface area contributed by atoms with Gasteiger partial charge < -0.3 is 9.52 Å². The molecule has 0 amide bonds. The highest BCUT2D eigenvalue weighted by Crippen LogP contribution is 2.18. The minimum atomic E-state index is -1.03. The zero-order chi connectivity index (χ0) is 14.1. The van der Waals surface area contributed by atoms with Gasteiger partial charge in [0.05, 0.1) is 18.2 Å². The third-order valence-electron chi connectivity index (χ3n) is 2.85. The number of carbonyl (C=O) groups is 1. The maximum absolute atomic E-state index is 11.0. The van der Waals surface area contributed by atoms with E-state index in [0.29, 0.717) is 23.1 Å². The molecule has 0 fully saturated rings. The van der Waals surface area contributed by atoms with Gasteiger partial charge in [-0.3, -0.25) is 0 Å². The molecule has 20 heavy (non-hydrogen) atoms. The number of rotatable bonds is 3. The van der Waals surface area contributed by atoms with E-state index < -0.39 is 5.97 Å². The lowest BCUT2D eigenvalue weighted by Crippen LogP contribution is -2.06. The number of carboxylic acids is 1. The maximum Gasteiger partial charge on any atom is 0.339 e. The quantitative estimate of drug-likeness (QED) is 0.781. The van der Waals surface area contributed by atoms with Crippen LogP contribution in [0.1, 0.15) is 16.1 Å². The van der Waals surface area contributed by atoms with Crippen LogP contribution in [0.3, 0.4) is 0 Å². The predicted molar refractivity (Wildman–Crippen MR) is 68.6 cm³/mol. The molecular formula is C13H10N4O3. The zero-order valence-electron chi connectivity index (χ0n) is 10.5. The Morgan fingerprint density at radius 2 is 2.25 bits per heavy atom. The van der Waals surface area contributed by atoms with Gasteiger partial charge >= 0.3 is 5.97 Å². The third kappa shape index (κ3) is 1.95. The number of furan rings is 1. The molecule has 0 bridgehead atoms. The average Bonchev–Trinajstić information content (AvgIpc) is 3.08. The van der Waals surface area contributed by atoms with Gasteiger partial charge in [-0.1, -0.05) is 0 Å². The minimum absolute atomic E-state index is 0.122. The average molecular weight is 270 g/mol. The molecule has 0 aliphatic carbocycles. The van der Waals surface area contributed by atoms with Crippen molar-refractivity contribution >= 4 is 5.97 Å². The van der Waals surface area contributed by atoms with Crippen molar-refractivity contribution in [3.63, 3.8) is 0 Å². The van der Waals surface area contributed by atoms with Crippen molar-refractivity contribution in [2.45, 2.75) is 6.92 Å². The van der Waals surface area contributed by atoms with Crippen molar-refractivity contribution < 1.29 is 14.3 Å². The summed E-state index contributed by atoms with van der Waals surface area (Å²) in [6, 6.07) is 5.25. The molecule has 3 heterocycles. The van der Waals surface area contributed by atoms with Gasteiger partial charge in [0.15, 0.2) is 5.76 Å². The summed E-state index contributed by atoms with van der Waals surface area (Å²) in [4.78, 5) is 19.4. The summed E-state index contributed by atoms with van der Waals surface area (Å²) in [5.74, 6) is -0.128. The lowest BCUT2D eigenvalue weighted by Gasteiger charge is -2.03. The predicted octanol–water partition coefficient (Wildman–Crippen LogP) is 1.93. The fourth-order valence-corrected chi connectivity index (χ4v) is 1.83. The summed E-state index contributed by atoms with van der Waals surface area (Å²) in [5.41, 5.74) is 1.19. The molecule has 3 aromatic heterocycles. The Balaban J connectivity index is 2.07. The van der Waals surface area contributed by atoms with Crippen LogP contribution in [-0.2, 0) is 0 Å². The molecule has 0 unspecified atom stereocenters. The summed E-state index contributed by atoms with van der Waals surface area (Å²) < 4.78 is 6.65. The molecule has 3 aromatic rings. The van der Waals surface area contributed by atoms with Crippen LogP contribution in [0.4, 0.5) is 0 Å². The van der Waals surface area contributed by atoms with Gasteiger partial charge in [0.2, 0.25) is 0 Å². The van der Waals surface area contributed by atoms with Crippen molar-refractivity contribution in [3.8, 4) is 17.4 Å². The largest absolute Gasteiger partial charge is 0.478 e. The van der Waals surface area contributed by atoms with Gasteiger partial charge in [-0.25, -0.2) is 19.4 Å². The van der Waals surface area contributed by atoms with Crippen LogP contribution in [-0.4, -0.2) is 30.8 Å². The molecule has 0 saturated carbocycles. The summed E-state index contributed by atoms with van der Waals surface area (Å²) in [6.45, 7) is 1.65. The van der Waals surface area contributed by atoms with E-state index in [-0.39, 0.29) is 5.56 Å². The fourth-order valence-electron chi connectivity index (χ4n) is 1.83. The van der Waals surface area contributed by atoms with E-state index in [1.807, 2.05) is 0 Å². The first kappa shape index (κ1) is 12.1. The standard InChI is InChI=1S/C13H10N4O3/c1-8-9(12(18)19)7-15-17(8)13-14-5-4-10(16-13)11-3-2-6-20-11/h2-7H,1H3,(H,18,19). The number of carboxylic acid groups (broad SMARTS) is 1. The molecule has 0 radical (unpaired) electrons. The zero-order valence-corrected chi connectivity index (χ0v) is 10.5. The second kappa shape index (κ2) is 4.61. The van der Waals surface area contributed by atoms with E-state index in [9.17, 15) is 4.79 Å². The van der Waals surface area contributed by atoms with Crippen LogP contribution in [0.2, 0.25) is 0 Å². The van der Waals surface area contributed by atoms with Crippen LogP contribution < -0.4 is 0 Å². The highest BCUT2D eigenvalue weighted by atomic mass is 16.4. The smallest absolute Gasteiger partial charge is 0.339 e. The summed E-state index contributed by atoms with van der Waals surface area (Å²) in [6.07, 6.45) is 4.40. The lowest BCUT2D eigenvalue weighted by molar-refractivity contribution is 0.0696. The summed E-state index contributed by atoms with van der Waals surface area (Å²) in [5, 5.41) is 13.0. The topological polar surface area (TPSA) is 94.0 Å². The normalized spacial score (nSPS) is 10.7. The number of nitrogens with zero attached hydrogens (tertiary/aromatic N) is 4. The Hall–Kier alpha value is -2.96. The van der Waals surface area contributed by atoms with Gasteiger partial charge in [-0.2, -0.15) is 5.10 Å². The van der Waals surface area contributed by atoms with Crippen molar-refractivity contribution in [3.05, 3.63) is 48.1 Å². The van der Waals surface area contributed by atoms with Crippen LogP contribution >= 0.6 is 0 Å². The molecule has 7 heteroatoms. The third-order valence-corrected chi connectivity index (χ3v) is 2.85. The van der Waals surface area contributed by atoms with Crippen molar-refractivity contribution in [1.29, 1.82) is 0 Å². The van der Waals surface area contributed by atoms with Crippen LogP contribution in [0, 0.1) is 6.92 Å². The van der Waals surface area contributed by atoms with Crippen molar-refractivity contribution in [2.75, 3.05) is 0 Å². The molecule has 100 valence electrons. The molecule has 3 rings (SSSR count). The second-order valence-corrected chi connectivity index (χ2v) is 4.08. The first-order valence-electron chi connectivity index (χ1n) is 5.82. The van der Waals surface area contributed by atoms with Gasteiger partial charge in [0, 0.05) is 6.20 Å². The Kier molecular flexibility index (Phi) is 2.79. The SMILES string of the molecule is Cc1c(C(=O)O)cnn1-c1nccc(-c2ccco2)n1. The van der Waals surface area contributed by atoms with Crippen LogP contribution in [0.5, 0.6) is 0 Å². The molecular weight excluding hydrogens is 260 g/mol. The highest BCUT2D eigenvalue weighted by Gasteiger charge is 2.16. The Labute approximate surface area is 113 Å². The molecule has 0 aromatic carbocycles. The second-order valence-electron chi connectivity index (χ2n) is 4.08. The molecule has 0 spiro atoms. The Bertz CT molecular complexity index is 762. The van der Waals surface area contributed by atoms with Gasteiger partial charge in [-0.15, -0.1) is 0 Å². The minimum Gasteiger partial charge on any atom is -0.478 e. The lowest BCUT2D eigenvalue weighted by atomic mass is 10.3. The number of aromatic nitrogens is 4. The number of hydrogen-bond acceptors (Lipinski definition) is 5. The van der Waals surface area contributed by atoms with Gasteiger partial charge in [0.25, 0.3) is 5.95 Å². The molecule has 1 N–H and O–H groups in total. The monoisotopic (exact) mass is 270 g/mol. The first-order valence-corrected chi connectivity index (χ1v) is 5.82. The first-order chi connectivity index (χ1) is 9.66. The van der Waals surface area contributed by atoms with Crippen LogP contribution in [0.15, 0.2) is 41.3 Å². The van der Waals surface area contributed by atoms with E-state index in [1.54, 1.807) is 37.6 Å².